The fourth-order valence-electron chi connectivity index (χ4n) is 4.59. The van der Waals surface area contributed by atoms with Crippen molar-refractivity contribution in [3.63, 3.8) is 0 Å². The zero-order chi connectivity index (χ0) is 23.5. The highest BCUT2D eigenvalue weighted by Gasteiger charge is 2.21. The van der Waals surface area contributed by atoms with Gasteiger partial charge in [-0.05, 0) is 66.8 Å². The van der Waals surface area contributed by atoms with Crippen LogP contribution in [-0.4, -0.2) is 50.3 Å². The molecule has 34 heavy (non-hydrogen) atoms. The molecule has 1 aliphatic heterocycles. The average molecular weight is 461 g/mol. The van der Waals surface area contributed by atoms with Gasteiger partial charge in [-0.3, -0.25) is 0 Å². The first-order valence-electron chi connectivity index (χ1n) is 11.7. The molecule has 0 amide bonds. The highest BCUT2D eigenvalue weighted by molar-refractivity contribution is 5.80. The molecule has 1 aromatic heterocycles. The summed E-state index contributed by atoms with van der Waals surface area (Å²) in [6, 6.07) is 19.4. The second kappa shape index (κ2) is 9.73. The predicted molar refractivity (Wildman–Crippen MR) is 132 cm³/mol. The number of rotatable bonds is 7. The van der Waals surface area contributed by atoms with E-state index in [-0.39, 0.29) is 11.6 Å². The molecule has 0 saturated carbocycles. The zero-order valence-electron chi connectivity index (χ0n) is 19.0. The van der Waals surface area contributed by atoms with Gasteiger partial charge in [0, 0.05) is 31.7 Å². The number of nitrogens with zero attached hydrogens (tertiary/aromatic N) is 3. The molecule has 0 radical (unpaired) electrons. The van der Waals surface area contributed by atoms with E-state index < -0.39 is 0 Å². The van der Waals surface area contributed by atoms with Gasteiger partial charge in [-0.2, -0.15) is 0 Å². The number of likely N-dealkylation sites (tertiary alicyclic amines) is 1. The number of anilines is 1. The number of imidazole rings is 1. The standard InChI is InChI=1S/C27H29FN4O2/c28-21-5-1-20(2-6-21)18-32-26-17-24(34)9-10-25(26)30-27(32)29-22-12-15-31(16-13-22)14-11-19-3-7-23(33)8-4-19/h1-10,17,22,33-34H,11-16,18H2,(H,29,30). The van der Waals surface area contributed by atoms with Gasteiger partial charge in [0.1, 0.15) is 17.3 Å². The van der Waals surface area contributed by atoms with Crippen LogP contribution in [-0.2, 0) is 13.0 Å². The van der Waals surface area contributed by atoms with Crippen LogP contribution in [0.1, 0.15) is 24.0 Å². The van der Waals surface area contributed by atoms with Crippen molar-refractivity contribution in [1.82, 2.24) is 14.5 Å². The van der Waals surface area contributed by atoms with E-state index in [2.05, 4.69) is 14.8 Å². The largest absolute Gasteiger partial charge is 0.508 e. The van der Waals surface area contributed by atoms with Gasteiger partial charge in [0.15, 0.2) is 0 Å². The fraction of sp³-hybridized carbons (Fsp3) is 0.296. The first-order chi connectivity index (χ1) is 16.5. The summed E-state index contributed by atoms with van der Waals surface area (Å²) in [5.41, 5.74) is 3.86. The molecule has 3 N–H and O–H groups in total. The van der Waals surface area contributed by atoms with Crippen molar-refractivity contribution in [3.8, 4) is 11.5 Å². The number of fused-ring (bicyclic) bond motifs is 1. The molecule has 0 bridgehead atoms. The normalized spacial score (nSPS) is 15.1. The number of halogens is 1. The monoisotopic (exact) mass is 460 g/mol. The maximum Gasteiger partial charge on any atom is 0.204 e. The summed E-state index contributed by atoms with van der Waals surface area (Å²) in [5, 5.41) is 23.1. The maximum absolute atomic E-state index is 13.4. The predicted octanol–water partition coefficient (Wildman–Crippen LogP) is 4.75. The van der Waals surface area contributed by atoms with E-state index in [1.54, 1.807) is 36.4 Å². The summed E-state index contributed by atoms with van der Waals surface area (Å²) in [6.07, 6.45) is 3.00. The molecule has 176 valence electrons. The number of benzene rings is 3. The molecule has 0 spiro atoms. The molecule has 5 rings (SSSR count). The lowest BCUT2D eigenvalue weighted by Gasteiger charge is -2.32. The van der Waals surface area contributed by atoms with E-state index >= 15 is 0 Å². The molecule has 3 aromatic carbocycles. The van der Waals surface area contributed by atoms with Gasteiger partial charge in [-0.15, -0.1) is 0 Å². The maximum atomic E-state index is 13.4. The highest BCUT2D eigenvalue weighted by atomic mass is 19.1. The van der Waals surface area contributed by atoms with E-state index in [0.717, 1.165) is 61.4 Å². The van der Waals surface area contributed by atoms with Gasteiger partial charge in [-0.1, -0.05) is 24.3 Å². The lowest BCUT2D eigenvalue weighted by molar-refractivity contribution is 0.221. The van der Waals surface area contributed by atoms with Crippen molar-refractivity contribution in [2.75, 3.05) is 25.0 Å². The Morgan fingerprint density at radius 1 is 0.882 bits per heavy atom. The van der Waals surface area contributed by atoms with Crippen molar-refractivity contribution in [2.24, 2.45) is 0 Å². The number of hydrogen-bond acceptors (Lipinski definition) is 5. The molecular formula is C27H29FN4O2. The van der Waals surface area contributed by atoms with Gasteiger partial charge in [-0.25, -0.2) is 9.37 Å². The molecular weight excluding hydrogens is 431 g/mol. The van der Waals surface area contributed by atoms with Crippen LogP contribution < -0.4 is 5.32 Å². The molecule has 1 fully saturated rings. The molecule has 0 unspecified atom stereocenters. The third-order valence-corrected chi connectivity index (χ3v) is 6.56. The summed E-state index contributed by atoms with van der Waals surface area (Å²) < 4.78 is 15.4. The van der Waals surface area contributed by atoms with Crippen molar-refractivity contribution >= 4 is 17.0 Å². The second-order valence-corrected chi connectivity index (χ2v) is 9.00. The smallest absolute Gasteiger partial charge is 0.204 e. The average Bonchev–Trinajstić information content (AvgIpc) is 3.17. The van der Waals surface area contributed by atoms with Crippen molar-refractivity contribution in [2.45, 2.75) is 31.8 Å². The molecule has 1 saturated heterocycles. The summed E-state index contributed by atoms with van der Waals surface area (Å²) >= 11 is 0. The number of aromatic hydroxyl groups is 2. The summed E-state index contributed by atoms with van der Waals surface area (Å²) in [7, 11) is 0. The van der Waals surface area contributed by atoms with Gasteiger partial charge in [0.05, 0.1) is 17.6 Å². The molecule has 2 heterocycles. The summed E-state index contributed by atoms with van der Waals surface area (Å²) in [6.45, 7) is 3.55. The van der Waals surface area contributed by atoms with Crippen LogP contribution in [0.4, 0.5) is 10.3 Å². The Morgan fingerprint density at radius 3 is 2.29 bits per heavy atom. The Morgan fingerprint density at radius 2 is 1.56 bits per heavy atom. The molecule has 4 aromatic rings. The minimum absolute atomic E-state index is 0.196. The number of hydrogen-bond donors (Lipinski definition) is 3. The first-order valence-corrected chi connectivity index (χ1v) is 11.7. The quantitative estimate of drug-likeness (QED) is 0.371. The minimum atomic E-state index is -0.257. The fourth-order valence-corrected chi connectivity index (χ4v) is 4.59. The van der Waals surface area contributed by atoms with Crippen LogP contribution in [0.3, 0.4) is 0 Å². The van der Waals surface area contributed by atoms with E-state index in [9.17, 15) is 14.6 Å². The SMILES string of the molecule is Oc1ccc(CCN2CCC(Nc3nc4ccc(O)cc4n3Cc3ccc(F)cc3)CC2)cc1. The van der Waals surface area contributed by atoms with Gasteiger partial charge in [0.25, 0.3) is 0 Å². The summed E-state index contributed by atoms with van der Waals surface area (Å²) in [4.78, 5) is 7.27. The van der Waals surface area contributed by atoms with Crippen molar-refractivity contribution in [3.05, 3.63) is 83.7 Å². The molecule has 6 nitrogen and oxygen atoms in total. The third kappa shape index (κ3) is 5.15. The number of phenols is 2. The van der Waals surface area contributed by atoms with Gasteiger partial charge in [0.2, 0.25) is 5.95 Å². The van der Waals surface area contributed by atoms with E-state index in [1.807, 2.05) is 18.2 Å². The number of aromatic nitrogens is 2. The first kappa shape index (κ1) is 22.2. The van der Waals surface area contributed by atoms with Crippen LogP contribution in [0.5, 0.6) is 11.5 Å². The lowest BCUT2D eigenvalue weighted by atomic mass is 10.0. The Hall–Kier alpha value is -3.58. The third-order valence-electron chi connectivity index (χ3n) is 6.56. The van der Waals surface area contributed by atoms with Crippen LogP contribution in [0, 0.1) is 5.82 Å². The second-order valence-electron chi connectivity index (χ2n) is 9.00. The van der Waals surface area contributed by atoms with Crippen molar-refractivity contribution < 1.29 is 14.6 Å². The molecule has 0 atom stereocenters. The van der Waals surface area contributed by atoms with E-state index in [4.69, 9.17) is 4.98 Å². The lowest BCUT2D eigenvalue weighted by Crippen LogP contribution is -2.40. The van der Waals surface area contributed by atoms with E-state index in [1.165, 1.54) is 17.7 Å². The Balaban J connectivity index is 1.25. The van der Waals surface area contributed by atoms with Crippen molar-refractivity contribution in [1.29, 1.82) is 0 Å². The van der Waals surface area contributed by atoms with Gasteiger partial charge >= 0.3 is 0 Å². The Kier molecular flexibility index (Phi) is 6.36. The van der Waals surface area contributed by atoms with Crippen LogP contribution in [0.15, 0.2) is 66.7 Å². The summed E-state index contributed by atoms with van der Waals surface area (Å²) in [5.74, 6) is 1.01. The number of nitrogens with one attached hydrogen (secondary N) is 1. The van der Waals surface area contributed by atoms with Crippen LogP contribution in [0.25, 0.3) is 11.0 Å². The molecule has 0 aliphatic carbocycles. The molecule has 7 heteroatoms. The number of piperidine rings is 1. The highest BCUT2D eigenvalue weighted by Crippen LogP contribution is 2.27. The van der Waals surface area contributed by atoms with Crippen LogP contribution in [0.2, 0.25) is 0 Å². The number of phenolic OH excluding ortho intramolecular Hbond substituents is 2. The van der Waals surface area contributed by atoms with E-state index in [0.29, 0.717) is 18.3 Å². The van der Waals surface area contributed by atoms with Crippen LogP contribution >= 0.6 is 0 Å². The Bertz CT molecular complexity index is 1250. The molecule has 1 aliphatic rings. The van der Waals surface area contributed by atoms with Gasteiger partial charge < -0.3 is 25.0 Å². The minimum Gasteiger partial charge on any atom is -0.508 e. The zero-order valence-corrected chi connectivity index (χ0v) is 19.0. The Labute approximate surface area is 198 Å². The topological polar surface area (TPSA) is 73.6 Å².